The maximum absolute atomic E-state index is 13.7. The predicted molar refractivity (Wildman–Crippen MR) is 64.7 cm³/mol. The number of halogens is 2. The Morgan fingerprint density at radius 1 is 1.33 bits per heavy atom. The van der Waals surface area contributed by atoms with E-state index in [9.17, 15) is 4.39 Å². The van der Waals surface area contributed by atoms with Gasteiger partial charge in [0.15, 0.2) is 0 Å². The number of hydrogen-bond donors (Lipinski definition) is 0. The highest BCUT2D eigenvalue weighted by atomic mass is 79.9. The standard InChI is InChI=1S/C12H13BrFN/c1-7(2)12-11(13)10-8(14)5-4-6-9(10)15(12)3/h4-7H,1-3H3. The molecule has 0 unspecified atom stereocenters. The fraction of sp³-hybridized carbons (Fsp3) is 0.333. The molecular formula is C12H13BrFN. The number of hydrogen-bond acceptors (Lipinski definition) is 0. The summed E-state index contributed by atoms with van der Waals surface area (Å²) in [7, 11) is 1.97. The van der Waals surface area contributed by atoms with Gasteiger partial charge in [0, 0.05) is 22.6 Å². The zero-order valence-electron chi connectivity index (χ0n) is 9.01. The summed E-state index contributed by atoms with van der Waals surface area (Å²) in [6, 6.07) is 5.18. The van der Waals surface area contributed by atoms with E-state index in [2.05, 4.69) is 29.8 Å². The number of rotatable bonds is 1. The van der Waals surface area contributed by atoms with E-state index in [1.54, 1.807) is 6.07 Å². The van der Waals surface area contributed by atoms with Gasteiger partial charge in [0.1, 0.15) is 5.82 Å². The third-order valence-electron chi connectivity index (χ3n) is 2.71. The Hall–Kier alpha value is -0.830. The predicted octanol–water partition coefficient (Wildman–Crippen LogP) is 4.20. The van der Waals surface area contributed by atoms with Crippen LogP contribution in [0, 0.1) is 5.82 Å². The first-order chi connectivity index (χ1) is 7.04. The summed E-state index contributed by atoms with van der Waals surface area (Å²) in [6.07, 6.45) is 0. The van der Waals surface area contributed by atoms with Gasteiger partial charge in [-0.05, 0) is 34.0 Å². The summed E-state index contributed by atoms with van der Waals surface area (Å²) in [5.74, 6) is 0.207. The van der Waals surface area contributed by atoms with E-state index in [4.69, 9.17) is 0 Å². The second kappa shape index (κ2) is 3.63. The normalized spacial score (nSPS) is 11.6. The molecule has 0 aliphatic heterocycles. The Bertz CT molecular complexity index is 514. The Balaban J connectivity index is 2.92. The zero-order valence-corrected chi connectivity index (χ0v) is 10.6. The largest absolute Gasteiger partial charge is 0.346 e. The van der Waals surface area contributed by atoms with E-state index in [-0.39, 0.29) is 5.82 Å². The fourth-order valence-corrected chi connectivity index (χ4v) is 3.17. The summed E-state index contributed by atoms with van der Waals surface area (Å²) in [5.41, 5.74) is 2.07. The lowest BCUT2D eigenvalue weighted by molar-refractivity contribution is 0.639. The van der Waals surface area contributed by atoms with Gasteiger partial charge in [0.25, 0.3) is 0 Å². The maximum Gasteiger partial charge on any atom is 0.133 e. The molecule has 3 heteroatoms. The van der Waals surface area contributed by atoms with E-state index < -0.39 is 0 Å². The van der Waals surface area contributed by atoms with Crippen LogP contribution in [-0.2, 0) is 7.05 Å². The zero-order chi connectivity index (χ0) is 11.2. The van der Waals surface area contributed by atoms with E-state index in [0.717, 1.165) is 15.7 Å². The second-order valence-electron chi connectivity index (χ2n) is 4.05. The average Bonchev–Trinajstić information content (AvgIpc) is 2.40. The van der Waals surface area contributed by atoms with Crippen molar-refractivity contribution in [3.63, 3.8) is 0 Å². The van der Waals surface area contributed by atoms with Crippen LogP contribution in [0.4, 0.5) is 4.39 Å². The molecule has 0 saturated heterocycles. The van der Waals surface area contributed by atoms with Crippen LogP contribution < -0.4 is 0 Å². The van der Waals surface area contributed by atoms with E-state index >= 15 is 0 Å². The lowest BCUT2D eigenvalue weighted by Gasteiger charge is -2.07. The number of benzene rings is 1. The van der Waals surface area contributed by atoms with E-state index in [1.165, 1.54) is 6.07 Å². The van der Waals surface area contributed by atoms with Crippen LogP contribution in [0.25, 0.3) is 10.9 Å². The van der Waals surface area contributed by atoms with Crippen molar-refractivity contribution >= 4 is 26.8 Å². The van der Waals surface area contributed by atoms with E-state index in [1.807, 2.05) is 17.7 Å². The molecule has 15 heavy (non-hydrogen) atoms. The summed E-state index contributed by atoms with van der Waals surface area (Å²) in [4.78, 5) is 0. The second-order valence-corrected chi connectivity index (χ2v) is 4.84. The van der Waals surface area contributed by atoms with Crippen LogP contribution in [0.2, 0.25) is 0 Å². The van der Waals surface area contributed by atoms with E-state index in [0.29, 0.717) is 11.3 Å². The first-order valence-corrected chi connectivity index (χ1v) is 5.75. The summed E-state index contributed by atoms with van der Waals surface area (Å²) < 4.78 is 16.6. The quantitative estimate of drug-likeness (QED) is 0.731. The van der Waals surface area contributed by atoms with Crippen molar-refractivity contribution in [3.8, 4) is 0 Å². The van der Waals surface area contributed by atoms with Gasteiger partial charge in [-0.1, -0.05) is 19.9 Å². The van der Waals surface area contributed by atoms with Gasteiger partial charge in [-0.25, -0.2) is 4.39 Å². The summed E-state index contributed by atoms with van der Waals surface area (Å²) in [6.45, 7) is 4.22. The molecule has 0 saturated carbocycles. The molecule has 1 aromatic heterocycles. The molecule has 1 heterocycles. The molecule has 0 fully saturated rings. The van der Waals surface area contributed by atoms with Gasteiger partial charge in [-0.3, -0.25) is 0 Å². The maximum atomic E-state index is 13.7. The minimum absolute atomic E-state index is 0.165. The highest BCUT2D eigenvalue weighted by molar-refractivity contribution is 9.10. The molecule has 0 amide bonds. The number of aryl methyl sites for hydroxylation is 1. The number of fused-ring (bicyclic) bond motifs is 1. The molecule has 2 rings (SSSR count). The van der Waals surface area contributed by atoms with Crippen molar-refractivity contribution in [2.24, 2.45) is 7.05 Å². The average molecular weight is 270 g/mol. The van der Waals surface area contributed by atoms with Crippen LogP contribution in [0.1, 0.15) is 25.5 Å². The molecule has 80 valence electrons. The molecule has 0 radical (unpaired) electrons. The first-order valence-electron chi connectivity index (χ1n) is 4.96. The highest BCUT2D eigenvalue weighted by Gasteiger charge is 2.17. The molecule has 0 atom stereocenters. The van der Waals surface area contributed by atoms with Gasteiger partial charge in [-0.15, -0.1) is 0 Å². The van der Waals surface area contributed by atoms with Crippen molar-refractivity contribution in [3.05, 3.63) is 34.2 Å². The topological polar surface area (TPSA) is 4.93 Å². The first kappa shape index (κ1) is 10.7. The third-order valence-corrected chi connectivity index (χ3v) is 3.51. The van der Waals surface area contributed by atoms with Crippen LogP contribution in [0.5, 0.6) is 0 Å². The fourth-order valence-electron chi connectivity index (χ4n) is 2.06. The summed E-state index contributed by atoms with van der Waals surface area (Å²) >= 11 is 3.49. The minimum atomic E-state index is -0.165. The Morgan fingerprint density at radius 2 is 2.00 bits per heavy atom. The van der Waals surface area contributed by atoms with Crippen LogP contribution in [0.15, 0.2) is 22.7 Å². The molecule has 0 bridgehead atoms. The molecule has 1 aromatic carbocycles. The number of aromatic nitrogens is 1. The Morgan fingerprint density at radius 3 is 2.53 bits per heavy atom. The van der Waals surface area contributed by atoms with Crippen molar-refractivity contribution in [1.29, 1.82) is 0 Å². The lowest BCUT2D eigenvalue weighted by Crippen LogP contribution is -1.98. The van der Waals surface area contributed by atoms with Gasteiger partial charge in [-0.2, -0.15) is 0 Å². The van der Waals surface area contributed by atoms with Gasteiger partial charge in [0.2, 0.25) is 0 Å². The van der Waals surface area contributed by atoms with Crippen molar-refractivity contribution < 1.29 is 4.39 Å². The van der Waals surface area contributed by atoms with Crippen molar-refractivity contribution in [1.82, 2.24) is 4.57 Å². The lowest BCUT2D eigenvalue weighted by atomic mass is 10.1. The monoisotopic (exact) mass is 269 g/mol. The van der Waals surface area contributed by atoms with Crippen molar-refractivity contribution in [2.75, 3.05) is 0 Å². The third kappa shape index (κ3) is 1.49. The summed E-state index contributed by atoms with van der Waals surface area (Å²) in [5, 5.41) is 0.684. The van der Waals surface area contributed by atoms with Crippen molar-refractivity contribution in [2.45, 2.75) is 19.8 Å². The molecule has 0 N–H and O–H groups in total. The molecule has 1 nitrogen and oxygen atoms in total. The van der Waals surface area contributed by atoms with Crippen LogP contribution in [-0.4, -0.2) is 4.57 Å². The molecule has 0 spiro atoms. The van der Waals surface area contributed by atoms with Gasteiger partial charge >= 0.3 is 0 Å². The van der Waals surface area contributed by atoms with Gasteiger partial charge < -0.3 is 4.57 Å². The minimum Gasteiger partial charge on any atom is -0.346 e. The smallest absolute Gasteiger partial charge is 0.133 e. The SMILES string of the molecule is CC(C)c1c(Br)c2c(F)cccc2n1C. The van der Waals surface area contributed by atoms with Gasteiger partial charge in [0.05, 0.1) is 5.52 Å². The van der Waals surface area contributed by atoms with Crippen LogP contribution in [0.3, 0.4) is 0 Å². The number of nitrogens with zero attached hydrogens (tertiary/aromatic N) is 1. The Labute approximate surface area is 97.0 Å². The molecule has 0 aliphatic rings. The van der Waals surface area contributed by atoms with Crippen LogP contribution >= 0.6 is 15.9 Å². The molecule has 0 aliphatic carbocycles. The molecular weight excluding hydrogens is 257 g/mol. The highest BCUT2D eigenvalue weighted by Crippen LogP contribution is 2.35. The Kier molecular flexibility index (Phi) is 2.59. The molecule has 2 aromatic rings.